The largest absolute Gasteiger partial charge is 0.481 e. The molecule has 1 N–H and O–H groups in total. The van der Waals surface area contributed by atoms with Crippen molar-refractivity contribution in [3.8, 4) is 5.75 Å². The van der Waals surface area contributed by atoms with E-state index in [2.05, 4.69) is 19.2 Å². The highest BCUT2D eigenvalue weighted by atomic mass is 16.5. The van der Waals surface area contributed by atoms with Crippen molar-refractivity contribution in [2.24, 2.45) is 11.8 Å². The molecule has 0 aliphatic heterocycles. The van der Waals surface area contributed by atoms with E-state index in [4.69, 9.17) is 4.74 Å². The lowest BCUT2D eigenvalue weighted by Gasteiger charge is -2.35. The van der Waals surface area contributed by atoms with Crippen molar-refractivity contribution in [1.29, 1.82) is 0 Å². The van der Waals surface area contributed by atoms with Crippen molar-refractivity contribution < 1.29 is 14.3 Å². The topological polar surface area (TPSA) is 55.4 Å². The van der Waals surface area contributed by atoms with Crippen LogP contribution in [0.1, 0.15) is 63.7 Å². The summed E-state index contributed by atoms with van der Waals surface area (Å²) >= 11 is 0. The van der Waals surface area contributed by atoms with Crippen molar-refractivity contribution in [2.75, 3.05) is 0 Å². The molecule has 0 heterocycles. The first-order valence-electron chi connectivity index (χ1n) is 9.02. The third kappa shape index (κ3) is 4.59. The summed E-state index contributed by atoms with van der Waals surface area (Å²) in [4.78, 5) is 24.0. The molecular formula is C20H29NO3. The van der Waals surface area contributed by atoms with Crippen LogP contribution in [0.3, 0.4) is 0 Å². The number of benzene rings is 1. The fraction of sp³-hybridized carbons (Fsp3) is 0.600. The van der Waals surface area contributed by atoms with Crippen LogP contribution in [-0.4, -0.2) is 23.8 Å². The van der Waals surface area contributed by atoms with Crippen molar-refractivity contribution >= 4 is 11.7 Å². The fourth-order valence-corrected chi connectivity index (χ4v) is 3.27. The number of hydrogen-bond acceptors (Lipinski definition) is 3. The molecule has 2 rings (SSSR count). The Morgan fingerprint density at radius 2 is 1.88 bits per heavy atom. The number of carbonyl (C=O) groups is 2. The van der Waals surface area contributed by atoms with Gasteiger partial charge in [0.25, 0.3) is 5.91 Å². The average molecular weight is 331 g/mol. The third-order valence-electron chi connectivity index (χ3n) is 5.21. The first kappa shape index (κ1) is 18.5. The zero-order chi connectivity index (χ0) is 17.7. The monoisotopic (exact) mass is 331 g/mol. The van der Waals surface area contributed by atoms with Crippen LogP contribution in [0, 0.1) is 11.8 Å². The number of ether oxygens (including phenoxy) is 1. The van der Waals surface area contributed by atoms with Crippen molar-refractivity contribution in [3.05, 3.63) is 29.8 Å². The second kappa shape index (κ2) is 8.32. The van der Waals surface area contributed by atoms with Crippen LogP contribution in [0.2, 0.25) is 0 Å². The molecule has 0 saturated heterocycles. The van der Waals surface area contributed by atoms with Crippen LogP contribution in [-0.2, 0) is 4.79 Å². The molecule has 1 amide bonds. The van der Waals surface area contributed by atoms with Gasteiger partial charge in [-0.2, -0.15) is 0 Å². The lowest BCUT2D eigenvalue weighted by molar-refractivity contribution is -0.128. The van der Waals surface area contributed by atoms with Crippen LogP contribution < -0.4 is 10.1 Å². The van der Waals surface area contributed by atoms with Crippen LogP contribution in [0.4, 0.5) is 0 Å². The molecule has 0 unspecified atom stereocenters. The number of carbonyl (C=O) groups excluding carboxylic acids is 2. The summed E-state index contributed by atoms with van der Waals surface area (Å²) in [6, 6.07) is 7.22. The zero-order valence-corrected chi connectivity index (χ0v) is 15.2. The summed E-state index contributed by atoms with van der Waals surface area (Å²) in [7, 11) is 0. The predicted octanol–water partition coefficient (Wildman–Crippen LogP) is 3.99. The Morgan fingerprint density at radius 1 is 1.21 bits per heavy atom. The summed E-state index contributed by atoms with van der Waals surface area (Å²) in [5.41, 5.74) is 0.673. The first-order valence-corrected chi connectivity index (χ1v) is 9.02. The van der Waals surface area contributed by atoms with E-state index in [1.165, 1.54) is 12.8 Å². The number of rotatable bonds is 6. The number of nitrogens with one attached hydrogen (secondary N) is 1. The molecule has 1 aliphatic rings. The van der Waals surface area contributed by atoms with E-state index < -0.39 is 6.10 Å². The second-order valence-corrected chi connectivity index (χ2v) is 6.94. The number of hydrogen-bond donors (Lipinski definition) is 1. The molecule has 24 heavy (non-hydrogen) atoms. The molecule has 1 aromatic carbocycles. The lowest BCUT2D eigenvalue weighted by atomic mass is 9.78. The Morgan fingerprint density at radius 3 is 2.50 bits per heavy atom. The molecule has 4 heteroatoms. The SMILES string of the molecule is CCC(=O)c1ccc(O[C@@H](C)C(=O)N[C@H]2CCC[C@H](C)[C@@H]2C)cc1. The van der Waals surface area contributed by atoms with Gasteiger partial charge in [0.15, 0.2) is 11.9 Å². The van der Waals surface area contributed by atoms with Crippen molar-refractivity contribution in [1.82, 2.24) is 5.32 Å². The van der Waals surface area contributed by atoms with Gasteiger partial charge in [0.2, 0.25) is 0 Å². The maximum Gasteiger partial charge on any atom is 0.261 e. The molecular weight excluding hydrogens is 302 g/mol. The van der Waals surface area contributed by atoms with Gasteiger partial charge in [-0.05, 0) is 49.4 Å². The van der Waals surface area contributed by atoms with Crippen molar-refractivity contribution in [2.45, 2.75) is 65.5 Å². The molecule has 0 bridgehead atoms. The molecule has 0 aromatic heterocycles. The molecule has 1 saturated carbocycles. The fourth-order valence-electron chi connectivity index (χ4n) is 3.27. The van der Waals surface area contributed by atoms with Crippen LogP contribution in [0.15, 0.2) is 24.3 Å². The van der Waals surface area contributed by atoms with Crippen LogP contribution in [0.5, 0.6) is 5.75 Å². The Bertz CT molecular complexity index is 567. The summed E-state index contributed by atoms with van der Waals surface area (Å²) in [6.45, 7) is 8.06. The van der Waals surface area contributed by atoms with E-state index in [0.717, 1.165) is 6.42 Å². The Balaban J connectivity index is 1.90. The van der Waals surface area contributed by atoms with Crippen LogP contribution >= 0.6 is 0 Å². The quantitative estimate of drug-likeness (QED) is 0.802. The molecule has 1 aromatic rings. The average Bonchev–Trinajstić information content (AvgIpc) is 2.58. The van der Waals surface area contributed by atoms with Gasteiger partial charge in [-0.1, -0.05) is 33.6 Å². The molecule has 132 valence electrons. The normalized spacial score (nSPS) is 24.9. The molecule has 0 radical (unpaired) electrons. The summed E-state index contributed by atoms with van der Waals surface area (Å²) in [5, 5.41) is 3.14. The lowest BCUT2D eigenvalue weighted by Crippen LogP contribution is -2.48. The van der Waals surface area contributed by atoms with Crippen LogP contribution in [0.25, 0.3) is 0 Å². The van der Waals surface area contributed by atoms with Crippen molar-refractivity contribution in [3.63, 3.8) is 0 Å². The van der Waals surface area contributed by atoms with E-state index in [1.54, 1.807) is 31.2 Å². The number of ketones is 1. The Kier molecular flexibility index (Phi) is 6.41. The van der Waals surface area contributed by atoms with E-state index in [0.29, 0.717) is 29.6 Å². The van der Waals surface area contributed by atoms with Gasteiger partial charge >= 0.3 is 0 Å². The number of Topliss-reactive ketones (excluding diaryl/α,β-unsaturated/α-hetero) is 1. The van der Waals surface area contributed by atoms with Gasteiger partial charge in [0.05, 0.1) is 0 Å². The van der Waals surface area contributed by atoms with E-state index in [9.17, 15) is 9.59 Å². The summed E-state index contributed by atoms with van der Waals surface area (Å²) in [6.07, 6.45) is 3.37. The van der Waals surface area contributed by atoms with E-state index in [-0.39, 0.29) is 17.7 Å². The highest BCUT2D eigenvalue weighted by Gasteiger charge is 2.29. The Labute approximate surface area is 145 Å². The molecule has 1 fully saturated rings. The molecule has 4 nitrogen and oxygen atoms in total. The summed E-state index contributed by atoms with van der Waals surface area (Å²) < 4.78 is 5.72. The third-order valence-corrected chi connectivity index (χ3v) is 5.21. The zero-order valence-electron chi connectivity index (χ0n) is 15.2. The minimum absolute atomic E-state index is 0.0744. The first-order chi connectivity index (χ1) is 11.4. The minimum Gasteiger partial charge on any atom is -0.481 e. The van der Waals surface area contributed by atoms with Gasteiger partial charge in [-0.3, -0.25) is 9.59 Å². The minimum atomic E-state index is -0.554. The molecule has 4 atom stereocenters. The van der Waals surface area contributed by atoms with Gasteiger partial charge in [-0.25, -0.2) is 0 Å². The second-order valence-electron chi connectivity index (χ2n) is 6.94. The van der Waals surface area contributed by atoms with E-state index in [1.807, 2.05) is 6.92 Å². The maximum absolute atomic E-state index is 12.4. The highest BCUT2D eigenvalue weighted by Crippen LogP contribution is 2.29. The molecule has 1 aliphatic carbocycles. The van der Waals surface area contributed by atoms with Gasteiger partial charge in [-0.15, -0.1) is 0 Å². The predicted molar refractivity (Wildman–Crippen MR) is 95.3 cm³/mol. The molecule has 0 spiro atoms. The van der Waals surface area contributed by atoms with E-state index >= 15 is 0 Å². The highest BCUT2D eigenvalue weighted by molar-refractivity contribution is 5.95. The van der Waals surface area contributed by atoms with Gasteiger partial charge < -0.3 is 10.1 Å². The smallest absolute Gasteiger partial charge is 0.261 e. The standard InChI is InChI=1S/C20H29NO3/c1-5-19(22)16-9-11-17(12-10-16)24-15(4)20(23)21-18-8-6-7-13(2)14(18)3/h9-15,18H,5-8H2,1-4H3,(H,21,23)/t13-,14-,15-,18-/m0/s1. The van der Waals surface area contributed by atoms with Gasteiger partial charge in [0, 0.05) is 18.0 Å². The Hall–Kier alpha value is -1.84. The van der Waals surface area contributed by atoms with Gasteiger partial charge in [0.1, 0.15) is 5.75 Å². The number of amides is 1. The summed E-state index contributed by atoms with van der Waals surface area (Å²) in [5.74, 6) is 1.77. The maximum atomic E-state index is 12.4.